The molecule has 0 radical (unpaired) electrons. The smallest absolute Gasteiger partial charge is 0.00479 e. The second-order valence-corrected chi connectivity index (χ2v) is 4.86. The van der Waals surface area contributed by atoms with Crippen LogP contribution in [-0.4, -0.2) is 13.1 Å². The first-order valence-corrected chi connectivity index (χ1v) is 6.06. The number of thiophene rings is 1. The highest BCUT2D eigenvalue weighted by atomic mass is 32.1. The summed E-state index contributed by atoms with van der Waals surface area (Å²) in [7, 11) is 0. The number of hydrogen-bond donors (Lipinski definition) is 1. The molecule has 1 aliphatic rings. The van der Waals surface area contributed by atoms with E-state index in [1.54, 1.807) is 4.88 Å². The van der Waals surface area contributed by atoms with Gasteiger partial charge in [0.2, 0.25) is 0 Å². The van der Waals surface area contributed by atoms with E-state index in [4.69, 9.17) is 0 Å². The van der Waals surface area contributed by atoms with Crippen LogP contribution in [0.2, 0.25) is 0 Å². The highest BCUT2D eigenvalue weighted by molar-refractivity contribution is 7.09. The Labute approximate surface area is 84.2 Å². The van der Waals surface area contributed by atoms with Gasteiger partial charge in [-0.1, -0.05) is 6.07 Å². The molecule has 1 aromatic heterocycles. The van der Waals surface area contributed by atoms with Gasteiger partial charge >= 0.3 is 0 Å². The monoisotopic (exact) mass is 195 g/mol. The first kappa shape index (κ1) is 9.22. The maximum absolute atomic E-state index is 3.46. The average Bonchev–Trinajstić information content (AvgIpc) is 2.49. The fourth-order valence-electron chi connectivity index (χ4n) is 2.01. The third-order valence-electron chi connectivity index (χ3n) is 2.77. The van der Waals surface area contributed by atoms with E-state index >= 15 is 0 Å². The summed E-state index contributed by atoms with van der Waals surface area (Å²) in [6.07, 6.45) is 5.43. The molecular formula is C11H17NS. The molecular weight excluding hydrogens is 178 g/mol. The second kappa shape index (κ2) is 4.77. The number of hydrogen-bond acceptors (Lipinski definition) is 2. The predicted octanol–water partition coefficient (Wildman–Crippen LogP) is 2.68. The first-order chi connectivity index (χ1) is 6.45. The van der Waals surface area contributed by atoms with Crippen LogP contribution in [0, 0.1) is 5.92 Å². The molecule has 1 fully saturated rings. The van der Waals surface area contributed by atoms with Gasteiger partial charge in [0, 0.05) is 4.88 Å². The van der Waals surface area contributed by atoms with Crippen LogP contribution in [0.4, 0.5) is 0 Å². The fraction of sp³-hybridized carbons (Fsp3) is 0.636. The van der Waals surface area contributed by atoms with Crippen molar-refractivity contribution in [3.8, 4) is 0 Å². The van der Waals surface area contributed by atoms with Crippen molar-refractivity contribution in [3.05, 3.63) is 22.4 Å². The van der Waals surface area contributed by atoms with Crippen LogP contribution in [0.5, 0.6) is 0 Å². The number of rotatable bonds is 2. The van der Waals surface area contributed by atoms with Crippen molar-refractivity contribution >= 4 is 11.3 Å². The van der Waals surface area contributed by atoms with Gasteiger partial charge < -0.3 is 5.32 Å². The minimum Gasteiger partial charge on any atom is -0.317 e. The maximum Gasteiger partial charge on any atom is 0.00479 e. The molecule has 0 aliphatic carbocycles. The molecule has 2 rings (SSSR count). The van der Waals surface area contributed by atoms with Gasteiger partial charge in [-0.3, -0.25) is 0 Å². The molecule has 1 aromatic rings. The molecule has 1 nitrogen and oxygen atoms in total. The van der Waals surface area contributed by atoms with Crippen LogP contribution in [-0.2, 0) is 6.42 Å². The summed E-state index contributed by atoms with van der Waals surface area (Å²) < 4.78 is 0. The van der Waals surface area contributed by atoms with E-state index in [1.807, 2.05) is 11.3 Å². The van der Waals surface area contributed by atoms with Crippen molar-refractivity contribution in [1.82, 2.24) is 5.32 Å². The fourth-order valence-corrected chi connectivity index (χ4v) is 2.83. The number of nitrogens with one attached hydrogen (secondary N) is 1. The summed E-state index contributed by atoms with van der Waals surface area (Å²) in [5, 5.41) is 5.65. The minimum atomic E-state index is 0.925. The lowest BCUT2D eigenvalue weighted by atomic mass is 9.96. The Bertz CT molecular complexity index is 222. The normalized spacial score (nSPS) is 24.2. The van der Waals surface area contributed by atoms with E-state index in [1.165, 1.54) is 38.8 Å². The van der Waals surface area contributed by atoms with Crippen molar-refractivity contribution in [2.24, 2.45) is 5.92 Å². The quantitative estimate of drug-likeness (QED) is 0.765. The molecule has 72 valence electrons. The van der Waals surface area contributed by atoms with E-state index in [9.17, 15) is 0 Å². The van der Waals surface area contributed by atoms with Gasteiger partial charge in [-0.05, 0) is 56.1 Å². The van der Waals surface area contributed by atoms with E-state index in [2.05, 4.69) is 22.8 Å². The summed E-state index contributed by atoms with van der Waals surface area (Å²) in [5.74, 6) is 0.925. The largest absolute Gasteiger partial charge is 0.317 e. The summed E-state index contributed by atoms with van der Waals surface area (Å²) in [6, 6.07) is 4.43. The van der Waals surface area contributed by atoms with Gasteiger partial charge in [0.25, 0.3) is 0 Å². The van der Waals surface area contributed by atoms with E-state index < -0.39 is 0 Å². The molecule has 1 saturated heterocycles. The van der Waals surface area contributed by atoms with Gasteiger partial charge in [0.05, 0.1) is 0 Å². The molecule has 0 amide bonds. The summed E-state index contributed by atoms with van der Waals surface area (Å²) in [5.41, 5.74) is 0. The molecule has 0 bridgehead atoms. The van der Waals surface area contributed by atoms with E-state index in [0.717, 1.165) is 5.92 Å². The molecule has 0 aromatic carbocycles. The Morgan fingerprint density at radius 2 is 2.38 bits per heavy atom. The lowest BCUT2D eigenvalue weighted by molar-refractivity contribution is 0.473. The molecule has 1 unspecified atom stereocenters. The predicted molar refractivity (Wildman–Crippen MR) is 58.2 cm³/mol. The van der Waals surface area contributed by atoms with Gasteiger partial charge in [-0.15, -0.1) is 11.3 Å². The van der Waals surface area contributed by atoms with Gasteiger partial charge in [-0.2, -0.15) is 0 Å². The van der Waals surface area contributed by atoms with Gasteiger partial charge in [0.1, 0.15) is 0 Å². The van der Waals surface area contributed by atoms with Crippen LogP contribution in [0.25, 0.3) is 0 Å². The van der Waals surface area contributed by atoms with Crippen LogP contribution in [0.1, 0.15) is 24.1 Å². The zero-order valence-electron chi connectivity index (χ0n) is 7.96. The van der Waals surface area contributed by atoms with Gasteiger partial charge in [-0.25, -0.2) is 0 Å². The molecule has 1 atom stereocenters. The van der Waals surface area contributed by atoms with Crippen LogP contribution >= 0.6 is 11.3 Å². The van der Waals surface area contributed by atoms with E-state index in [0.29, 0.717) is 0 Å². The lowest BCUT2D eigenvalue weighted by Crippen LogP contribution is -2.14. The topological polar surface area (TPSA) is 12.0 Å². The molecule has 1 N–H and O–H groups in total. The Kier molecular flexibility index (Phi) is 3.39. The molecule has 0 spiro atoms. The Balaban J connectivity index is 1.86. The van der Waals surface area contributed by atoms with Crippen LogP contribution in [0.15, 0.2) is 17.5 Å². The Hall–Kier alpha value is -0.340. The van der Waals surface area contributed by atoms with Crippen LogP contribution < -0.4 is 5.32 Å². The second-order valence-electron chi connectivity index (χ2n) is 3.83. The zero-order chi connectivity index (χ0) is 8.93. The highest BCUT2D eigenvalue weighted by Crippen LogP contribution is 2.21. The molecule has 2 heterocycles. The molecule has 0 saturated carbocycles. The summed E-state index contributed by atoms with van der Waals surface area (Å²) in [6.45, 7) is 2.44. The van der Waals surface area contributed by atoms with Gasteiger partial charge in [0.15, 0.2) is 0 Å². The Morgan fingerprint density at radius 3 is 3.23 bits per heavy atom. The first-order valence-electron chi connectivity index (χ1n) is 5.18. The molecule has 13 heavy (non-hydrogen) atoms. The summed E-state index contributed by atoms with van der Waals surface area (Å²) >= 11 is 1.90. The SMILES string of the molecule is c1csc(CC2CCCNCC2)c1. The third kappa shape index (κ3) is 2.82. The summed E-state index contributed by atoms with van der Waals surface area (Å²) in [4.78, 5) is 1.56. The zero-order valence-corrected chi connectivity index (χ0v) is 8.78. The average molecular weight is 195 g/mol. The third-order valence-corrected chi connectivity index (χ3v) is 3.66. The molecule has 1 aliphatic heterocycles. The maximum atomic E-state index is 3.46. The van der Waals surface area contributed by atoms with Crippen LogP contribution in [0.3, 0.4) is 0 Å². The minimum absolute atomic E-state index is 0.925. The van der Waals surface area contributed by atoms with Crippen molar-refractivity contribution in [3.63, 3.8) is 0 Å². The molecule has 2 heteroatoms. The van der Waals surface area contributed by atoms with Crippen molar-refractivity contribution in [1.29, 1.82) is 0 Å². The van der Waals surface area contributed by atoms with Crippen molar-refractivity contribution in [2.45, 2.75) is 25.7 Å². The van der Waals surface area contributed by atoms with E-state index in [-0.39, 0.29) is 0 Å². The van der Waals surface area contributed by atoms with Crippen molar-refractivity contribution < 1.29 is 0 Å². The lowest BCUT2D eigenvalue weighted by Gasteiger charge is -2.11. The Morgan fingerprint density at radius 1 is 1.38 bits per heavy atom. The standard InChI is InChI=1S/C11H17NS/c1-3-10(5-7-12-6-1)9-11-4-2-8-13-11/h2,4,8,10,12H,1,3,5-7,9H2. The van der Waals surface area contributed by atoms with Crippen molar-refractivity contribution in [2.75, 3.05) is 13.1 Å². The highest BCUT2D eigenvalue weighted by Gasteiger charge is 2.12.